The first-order chi connectivity index (χ1) is 10.2. The average Bonchev–Trinajstić information content (AvgIpc) is 3.26. The lowest BCUT2D eigenvalue weighted by Gasteiger charge is -2.24. The van der Waals surface area contributed by atoms with Crippen LogP contribution in [0.4, 0.5) is 0 Å². The zero-order valence-electron chi connectivity index (χ0n) is 12.9. The molecule has 2 aromatic rings. The SMILES string of the molecule is CC(CNCc1cnn(-c2ccccc2)c1)N(C)C1CC1. The second kappa shape index (κ2) is 6.41. The second-order valence-electron chi connectivity index (χ2n) is 6.01. The van der Waals surface area contributed by atoms with E-state index in [1.165, 1.54) is 18.4 Å². The van der Waals surface area contributed by atoms with Gasteiger partial charge in [-0.1, -0.05) is 18.2 Å². The van der Waals surface area contributed by atoms with Gasteiger partial charge >= 0.3 is 0 Å². The Balaban J connectivity index is 1.49. The number of aromatic nitrogens is 2. The minimum Gasteiger partial charge on any atom is -0.311 e. The van der Waals surface area contributed by atoms with Crippen LogP contribution >= 0.6 is 0 Å². The molecular formula is C17H24N4. The normalized spacial score (nSPS) is 16.3. The lowest BCUT2D eigenvalue weighted by Crippen LogP contribution is -2.38. The Bertz CT molecular complexity index is 559. The van der Waals surface area contributed by atoms with Crippen molar-refractivity contribution in [2.75, 3.05) is 13.6 Å². The van der Waals surface area contributed by atoms with Crippen LogP contribution in [0.15, 0.2) is 42.7 Å². The molecule has 1 heterocycles. The minimum absolute atomic E-state index is 0.585. The molecule has 1 atom stereocenters. The van der Waals surface area contributed by atoms with Gasteiger partial charge in [-0.25, -0.2) is 4.68 Å². The molecule has 0 spiro atoms. The third-order valence-corrected chi connectivity index (χ3v) is 4.24. The standard InChI is InChI=1S/C17H24N4/c1-14(20(2)16-8-9-16)10-18-11-15-12-19-21(13-15)17-6-4-3-5-7-17/h3-7,12-14,16,18H,8-11H2,1-2H3. The first-order valence-electron chi connectivity index (χ1n) is 7.75. The van der Waals surface area contributed by atoms with Crippen LogP contribution < -0.4 is 5.32 Å². The highest BCUT2D eigenvalue weighted by Crippen LogP contribution is 2.26. The molecule has 0 aliphatic heterocycles. The first-order valence-corrected chi connectivity index (χ1v) is 7.75. The van der Waals surface area contributed by atoms with Crippen molar-refractivity contribution in [3.63, 3.8) is 0 Å². The molecule has 1 aliphatic rings. The minimum atomic E-state index is 0.585. The molecule has 4 nitrogen and oxygen atoms in total. The van der Waals surface area contributed by atoms with Gasteiger partial charge in [0.2, 0.25) is 0 Å². The Kier molecular flexibility index (Phi) is 4.36. The van der Waals surface area contributed by atoms with Crippen molar-refractivity contribution in [1.29, 1.82) is 0 Å². The highest BCUT2D eigenvalue weighted by atomic mass is 15.3. The zero-order valence-corrected chi connectivity index (χ0v) is 12.9. The van der Waals surface area contributed by atoms with Crippen LogP contribution in [-0.4, -0.2) is 40.4 Å². The van der Waals surface area contributed by atoms with Gasteiger partial charge < -0.3 is 5.32 Å². The predicted octanol–water partition coefficient (Wildman–Crippen LogP) is 2.44. The van der Waals surface area contributed by atoms with E-state index in [0.717, 1.165) is 24.8 Å². The van der Waals surface area contributed by atoms with Crippen LogP contribution in [-0.2, 0) is 6.54 Å². The van der Waals surface area contributed by atoms with Crippen molar-refractivity contribution in [2.24, 2.45) is 0 Å². The van der Waals surface area contributed by atoms with Crippen molar-refractivity contribution in [1.82, 2.24) is 20.0 Å². The summed E-state index contributed by atoms with van der Waals surface area (Å²) in [6.45, 7) is 4.18. The quantitative estimate of drug-likeness (QED) is 0.848. The second-order valence-corrected chi connectivity index (χ2v) is 6.01. The highest BCUT2D eigenvalue weighted by molar-refractivity contribution is 5.30. The van der Waals surface area contributed by atoms with E-state index < -0.39 is 0 Å². The van der Waals surface area contributed by atoms with Crippen molar-refractivity contribution < 1.29 is 0 Å². The van der Waals surface area contributed by atoms with Crippen LogP contribution in [0.5, 0.6) is 0 Å². The molecule has 1 aromatic carbocycles. The molecule has 4 heteroatoms. The Labute approximate surface area is 126 Å². The topological polar surface area (TPSA) is 33.1 Å². The maximum atomic E-state index is 4.42. The van der Waals surface area contributed by atoms with Gasteiger partial charge in [0.1, 0.15) is 0 Å². The van der Waals surface area contributed by atoms with E-state index in [9.17, 15) is 0 Å². The summed E-state index contributed by atoms with van der Waals surface area (Å²) < 4.78 is 1.93. The van der Waals surface area contributed by atoms with Crippen molar-refractivity contribution in [3.05, 3.63) is 48.3 Å². The van der Waals surface area contributed by atoms with E-state index in [2.05, 4.69) is 47.6 Å². The Morgan fingerprint density at radius 2 is 2.10 bits per heavy atom. The van der Waals surface area contributed by atoms with Gasteiger partial charge in [0, 0.05) is 36.9 Å². The molecule has 21 heavy (non-hydrogen) atoms. The number of hydrogen-bond donors (Lipinski definition) is 1. The maximum absolute atomic E-state index is 4.42. The van der Waals surface area contributed by atoms with E-state index in [4.69, 9.17) is 0 Å². The Morgan fingerprint density at radius 1 is 1.33 bits per heavy atom. The van der Waals surface area contributed by atoms with Crippen LogP contribution in [0.25, 0.3) is 5.69 Å². The molecule has 112 valence electrons. The fourth-order valence-electron chi connectivity index (χ4n) is 2.58. The van der Waals surface area contributed by atoms with E-state index in [-0.39, 0.29) is 0 Å². The molecule has 1 unspecified atom stereocenters. The van der Waals surface area contributed by atoms with Crippen molar-refractivity contribution >= 4 is 0 Å². The average molecular weight is 284 g/mol. The summed E-state index contributed by atoms with van der Waals surface area (Å²) in [5.74, 6) is 0. The smallest absolute Gasteiger partial charge is 0.0645 e. The fourth-order valence-corrected chi connectivity index (χ4v) is 2.58. The molecule has 0 bridgehead atoms. The predicted molar refractivity (Wildman–Crippen MR) is 85.5 cm³/mol. The maximum Gasteiger partial charge on any atom is 0.0645 e. The third-order valence-electron chi connectivity index (χ3n) is 4.24. The van der Waals surface area contributed by atoms with E-state index in [1.54, 1.807) is 0 Å². The van der Waals surface area contributed by atoms with Crippen LogP contribution in [0, 0.1) is 0 Å². The van der Waals surface area contributed by atoms with Crippen molar-refractivity contribution in [3.8, 4) is 5.69 Å². The summed E-state index contributed by atoms with van der Waals surface area (Å²) in [5.41, 5.74) is 2.32. The van der Waals surface area contributed by atoms with Gasteiger partial charge in [0.25, 0.3) is 0 Å². The lowest BCUT2D eigenvalue weighted by atomic mass is 10.2. The molecule has 0 amide bonds. The lowest BCUT2D eigenvalue weighted by molar-refractivity contribution is 0.241. The summed E-state index contributed by atoms with van der Waals surface area (Å²) in [7, 11) is 2.23. The number of rotatable bonds is 7. The molecule has 1 fully saturated rings. The first kappa shape index (κ1) is 14.3. The van der Waals surface area contributed by atoms with Crippen molar-refractivity contribution in [2.45, 2.75) is 38.4 Å². The van der Waals surface area contributed by atoms with Gasteiger partial charge in [0.05, 0.1) is 11.9 Å². The largest absolute Gasteiger partial charge is 0.311 e. The molecule has 0 radical (unpaired) electrons. The van der Waals surface area contributed by atoms with E-state index in [1.807, 2.05) is 29.1 Å². The summed E-state index contributed by atoms with van der Waals surface area (Å²) in [6.07, 6.45) is 6.77. The number of nitrogens with zero attached hydrogens (tertiary/aromatic N) is 3. The number of para-hydroxylation sites is 1. The van der Waals surface area contributed by atoms with Gasteiger partial charge in [-0.3, -0.25) is 4.90 Å². The Morgan fingerprint density at radius 3 is 2.81 bits per heavy atom. The Hall–Kier alpha value is -1.65. The molecule has 1 saturated carbocycles. The fraction of sp³-hybridized carbons (Fsp3) is 0.471. The van der Waals surface area contributed by atoms with Crippen LogP contribution in [0.1, 0.15) is 25.3 Å². The summed E-state index contributed by atoms with van der Waals surface area (Å²) in [5, 5.41) is 7.96. The third kappa shape index (κ3) is 3.71. The summed E-state index contributed by atoms with van der Waals surface area (Å²) in [4.78, 5) is 2.49. The molecule has 0 saturated heterocycles. The monoisotopic (exact) mass is 284 g/mol. The highest BCUT2D eigenvalue weighted by Gasteiger charge is 2.28. The molecular weight excluding hydrogens is 260 g/mol. The van der Waals surface area contributed by atoms with Gasteiger partial charge in [-0.15, -0.1) is 0 Å². The molecule has 3 rings (SSSR count). The van der Waals surface area contributed by atoms with Gasteiger partial charge in [-0.05, 0) is 38.9 Å². The molecule has 1 aromatic heterocycles. The number of benzene rings is 1. The van der Waals surface area contributed by atoms with Crippen LogP contribution in [0.3, 0.4) is 0 Å². The van der Waals surface area contributed by atoms with Crippen LogP contribution in [0.2, 0.25) is 0 Å². The summed E-state index contributed by atoms with van der Waals surface area (Å²) in [6, 6.07) is 11.6. The van der Waals surface area contributed by atoms with E-state index in [0.29, 0.717) is 6.04 Å². The summed E-state index contributed by atoms with van der Waals surface area (Å²) >= 11 is 0. The van der Waals surface area contributed by atoms with Gasteiger partial charge in [0.15, 0.2) is 0 Å². The molecule has 1 aliphatic carbocycles. The number of nitrogens with one attached hydrogen (secondary N) is 1. The number of likely N-dealkylation sites (N-methyl/N-ethyl adjacent to an activating group) is 1. The van der Waals surface area contributed by atoms with E-state index >= 15 is 0 Å². The molecule has 1 N–H and O–H groups in total. The van der Waals surface area contributed by atoms with Gasteiger partial charge in [-0.2, -0.15) is 5.10 Å². The zero-order chi connectivity index (χ0) is 14.7. The number of hydrogen-bond acceptors (Lipinski definition) is 3.